The molecule has 2 rings (SSSR count). The van der Waals surface area contributed by atoms with Gasteiger partial charge in [0, 0.05) is 12.6 Å². The van der Waals surface area contributed by atoms with Crippen molar-refractivity contribution in [3.05, 3.63) is 18.2 Å². The van der Waals surface area contributed by atoms with Gasteiger partial charge in [0.15, 0.2) is 0 Å². The SMILES string of the molecule is CCOc1cccc(N2CC(C)CC2C)c1N. The summed E-state index contributed by atoms with van der Waals surface area (Å²) in [6, 6.07) is 6.61. The zero-order valence-corrected chi connectivity index (χ0v) is 10.9. The molecule has 0 bridgehead atoms. The molecule has 0 spiro atoms. The smallest absolute Gasteiger partial charge is 0.144 e. The maximum Gasteiger partial charge on any atom is 0.144 e. The second-order valence-corrected chi connectivity index (χ2v) is 4.96. The van der Waals surface area contributed by atoms with Crippen LogP contribution >= 0.6 is 0 Å². The van der Waals surface area contributed by atoms with Crippen molar-refractivity contribution in [2.45, 2.75) is 33.2 Å². The molecule has 1 heterocycles. The van der Waals surface area contributed by atoms with Gasteiger partial charge in [0.2, 0.25) is 0 Å². The van der Waals surface area contributed by atoms with Crippen molar-refractivity contribution < 1.29 is 4.74 Å². The fraction of sp³-hybridized carbons (Fsp3) is 0.571. The fourth-order valence-electron chi connectivity index (χ4n) is 2.70. The van der Waals surface area contributed by atoms with Crippen LogP contribution in [0.2, 0.25) is 0 Å². The van der Waals surface area contributed by atoms with E-state index in [-0.39, 0.29) is 0 Å². The standard InChI is InChI=1S/C14H22N2O/c1-4-17-13-7-5-6-12(14(13)15)16-9-10(2)8-11(16)3/h5-7,10-11H,4,8-9,15H2,1-3H3. The van der Waals surface area contributed by atoms with Crippen molar-refractivity contribution in [2.24, 2.45) is 5.92 Å². The average Bonchev–Trinajstić information content (AvgIpc) is 2.61. The van der Waals surface area contributed by atoms with Crippen LogP contribution in [0.3, 0.4) is 0 Å². The Balaban J connectivity index is 2.29. The first-order valence-electron chi connectivity index (χ1n) is 6.41. The number of anilines is 2. The van der Waals surface area contributed by atoms with Crippen LogP contribution in [-0.4, -0.2) is 19.2 Å². The van der Waals surface area contributed by atoms with Crippen molar-refractivity contribution >= 4 is 11.4 Å². The van der Waals surface area contributed by atoms with Gasteiger partial charge in [-0.25, -0.2) is 0 Å². The van der Waals surface area contributed by atoms with Gasteiger partial charge < -0.3 is 15.4 Å². The molecule has 94 valence electrons. The van der Waals surface area contributed by atoms with Gasteiger partial charge in [-0.3, -0.25) is 0 Å². The van der Waals surface area contributed by atoms with Crippen LogP contribution in [0.1, 0.15) is 27.2 Å². The normalized spacial score (nSPS) is 24.1. The van der Waals surface area contributed by atoms with Crippen molar-refractivity contribution in [3.63, 3.8) is 0 Å². The summed E-state index contributed by atoms with van der Waals surface area (Å²) in [4.78, 5) is 2.39. The van der Waals surface area contributed by atoms with E-state index in [0.29, 0.717) is 12.6 Å². The lowest BCUT2D eigenvalue weighted by atomic mass is 10.1. The second-order valence-electron chi connectivity index (χ2n) is 4.96. The van der Waals surface area contributed by atoms with E-state index in [1.54, 1.807) is 0 Å². The van der Waals surface area contributed by atoms with Crippen LogP contribution in [0.5, 0.6) is 5.75 Å². The highest BCUT2D eigenvalue weighted by atomic mass is 16.5. The molecule has 17 heavy (non-hydrogen) atoms. The maximum absolute atomic E-state index is 6.19. The van der Waals surface area contributed by atoms with Gasteiger partial charge >= 0.3 is 0 Å². The van der Waals surface area contributed by atoms with Crippen molar-refractivity contribution in [1.82, 2.24) is 0 Å². The quantitative estimate of drug-likeness (QED) is 0.817. The highest BCUT2D eigenvalue weighted by Crippen LogP contribution is 2.37. The third-order valence-electron chi connectivity index (χ3n) is 3.44. The molecule has 0 aromatic heterocycles. The summed E-state index contributed by atoms with van der Waals surface area (Å²) < 4.78 is 5.55. The van der Waals surface area contributed by atoms with Crippen LogP contribution in [0.15, 0.2) is 18.2 Å². The van der Waals surface area contributed by atoms with E-state index >= 15 is 0 Å². The monoisotopic (exact) mass is 234 g/mol. The summed E-state index contributed by atoms with van der Waals surface area (Å²) >= 11 is 0. The highest BCUT2D eigenvalue weighted by Gasteiger charge is 2.27. The molecule has 2 N–H and O–H groups in total. The Morgan fingerprint density at radius 1 is 1.41 bits per heavy atom. The molecule has 1 aromatic carbocycles. The molecule has 1 saturated heterocycles. The Hall–Kier alpha value is -1.38. The Labute approximate surface area is 104 Å². The van der Waals surface area contributed by atoms with Crippen LogP contribution in [0.25, 0.3) is 0 Å². The van der Waals surface area contributed by atoms with E-state index in [2.05, 4.69) is 24.8 Å². The van der Waals surface area contributed by atoms with Crippen LogP contribution in [-0.2, 0) is 0 Å². The van der Waals surface area contributed by atoms with Crippen molar-refractivity contribution in [2.75, 3.05) is 23.8 Å². The second kappa shape index (κ2) is 4.86. The van der Waals surface area contributed by atoms with E-state index in [0.717, 1.165) is 29.6 Å². The molecule has 1 fully saturated rings. The first-order chi connectivity index (χ1) is 8.13. The molecule has 0 amide bonds. The van der Waals surface area contributed by atoms with Crippen LogP contribution in [0, 0.1) is 5.92 Å². The molecule has 3 heteroatoms. The van der Waals surface area contributed by atoms with Crippen LogP contribution in [0.4, 0.5) is 11.4 Å². The van der Waals surface area contributed by atoms with Gasteiger partial charge in [-0.1, -0.05) is 13.0 Å². The highest BCUT2D eigenvalue weighted by molar-refractivity contribution is 5.74. The number of rotatable bonds is 3. The lowest BCUT2D eigenvalue weighted by Gasteiger charge is -2.26. The minimum Gasteiger partial charge on any atom is -0.492 e. The average molecular weight is 234 g/mol. The van der Waals surface area contributed by atoms with E-state index in [4.69, 9.17) is 10.5 Å². The predicted molar refractivity (Wildman–Crippen MR) is 72.6 cm³/mol. The number of benzene rings is 1. The van der Waals surface area contributed by atoms with E-state index in [1.807, 2.05) is 19.1 Å². The summed E-state index contributed by atoms with van der Waals surface area (Å²) in [6.07, 6.45) is 1.23. The minimum absolute atomic E-state index is 0.559. The number of ether oxygens (including phenoxy) is 1. The first kappa shape index (κ1) is 12.1. The zero-order chi connectivity index (χ0) is 12.4. The van der Waals surface area contributed by atoms with E-state index in [1.165, 1.54) is 6.42 Å². The Bertz CT molecular complexity index is 392. The lowest BCUT2D eigenvalue weighted by Crippen LogP contribution is -2.27. The number of nitrogen functional groups attached to an aromatic ring is 1. The molecular weight excluding hydrogens is 212 g/mol. The van der Waals surface area contributed by atoms with Gasteiger partial charge in [-0.2, -0.15) is 0 Å². The molecule has 1 aliphatic heterocycles. The van der Waals surface area contributed by atoms with Gasteiger partial charge in [-0.05, 0) is 38.3 Å². The fourth-order valence-corrected chi connectivity index (χ4v) is 2.70. The van der Waals surface area contributed by atoms with Gasteiger partial charge in [0.25, 0.3) is 0 Å². The Morgan fingerprint density at radius 2 is 2.18 bits per heavy atom. The molecular formula is C14H22N2O. The van der Waals surface area contributed by atoms with E-state index in [9.17, 15) is 0 Å². The largest absolute Gasteiger partial charge is 0.492 e. The molecule has 3 nitrogen and oxygen atoms in total. The Morgan fingerprint density at radius 3 is 2.76 bits per heavy atom. The minimum atomic E-state index is 0.559. The molecule has 1 aliphatic rings. The summed E-state index contributed by atoms with van der Waals surface area (Å²) in [5.74, 6) is 1.54. The van der Waals surface area contributed by atoms with Crippen molar-refractivity contribution in [3.8, 4) is 5.75 Å². The van der Waals surface area contributed by atoms with Gasteiger partial charge in [-0.15, -0.1) is 0 Å². The molecule has 0 radical (unpaired) electrons. The summed E-state index contributed by atoms with van der Waals surface area (Å²) in [6.45, 7) is 8.27. The van der Waals surface area contributed by atoms with Crippen molar-refractivity contribution in [1.29, 1.82) is 0 Å². The molecule has 0 aliphatic carbocycles. The van der Waals surface area contributed by atoms with E-state index < -0.39 is 0 Å². The summed E-state index contributed by atoms with van der Waals surface area (Å²) in [7, 11) is 0. The third-order valence-corrected chi connectivity index (χ3v) is 3.44. The van der Waals surface area contributed by atoms with Gasteiger partial charge in [0.1, 0.15) is 5.75 Å². The number of nitrogens with two attached hydrogens (primary N) is 1. The van der Waals surface area contributed by atoms with Gasteiger partial charge in [0.05, 0.1) is 18.0 Å². The lowest BCUT2D eigenvalue weighted by molar-refractivity contribution is 0.342. The molecule has 2 unspecified atom stereocenters. The summed E-state index contributed by atoms with van der Waals surface area (Å²) in [5, 5.41) is 0. The van der Waals surface area contributed by atoms with Crippen LogP contribution < -0.4 is 15.4 Å². The topological polar surface area (TPSA) is 38.5 Å². The summed E-state index contributed by atoms with van der Waals surface area (Å²) in [5.41, 5.74) is 8.08. The molecule has 2 atom stereocenters. The first-order valence-corrected chi connectivity index (χ1v) is 6.41. The zero-order valence-electron chi connectivity index (χ0n) is 10.9. The third kappa shape index (κ3) is 2.33. The molecule has 0 saturated carbocycles. The number of para-hydroxylation sites is 1. The number of nitrogens with zero attached hydrogens (tertiary/aromatic N) is 1. The predicted octanol–water partition coefficient (Wildman–Crippen LogP) is 2.90. The maximum atomic E-state index is 6.19. The number of hydrogen-bond acceptors (Lipinski definition) is 3. The number of hydrogen-bond donors (Lipinski definition) is 1. The molecule has 1 aromatic rings. The Kier molecular flexibility index (Phi) is 3.46.